The summed E-state index contributed by atoms with van der Waals surface area (Å²) in [5.41, 5.74) is 0. The highest BCUT2D eigenvalue weighted by Crippen LogP contribution is 2.28. The first-order chi connectivity index (χ1) is 9.35. The molecule has 0 aromatic carbocycles. The van der Waals surface area contributed by atoms with Crippen LogP contribution in [0.2, 0.25) is 0 Å². The highest BCUT2D eigenvalue weighted by molar-refractivity contribution is 4.89. The molecule has 3 unspecified atom stereocenters. The Bertz CT molecular complexity index is 239. The maximum absolute atomic E-state index is 3.86. The smallest absolute Gasteiger partial charge is 0.0249 e. The molecular weight excluding hydrogens is 232 g/mol. The second-order valence-electron chi connectivity index (χ2n) is 6.68. The molecule has 2 aliphatic rings. The van der Waals surface area contributed by atoms with Crippen LogP contribution in [0.5, 0.6) is 0 Å². The van der Waals surface area contributed by atoms with E-state index >= 15 is 0 Å². The van der Waals surface area contributed by atoms with E-state index in [0.29, 0.717) is 0 Å². The SMILES string of the molecule is CCCNC1CCCCCCC1N1CCC(CC)C1. The normalized spacial score (nSPS) is 34.1. The number of likely N-dealkylation sites (tertiary alicyclic amines) is 1. The number of nitrogens with one attached hydrogen (secondary N) is 1. The van der Waals surface area contributed by atoms with E-state index in [4.69, 9.17) is 0 Å². The third-order valence-electron chi connectivity index (χ3n) is 5.25. The van der Waals surface area contributed by atoms with Gasteiger partial charge in [-0.1, -0.05) is 46.0 Å². The summed E-state index contributed by atoms with van der Waals surface area (Å²) in [5, 5.41) is 3.86. The Morgan fingerprint density at radius 2 is 1.79 bits per heavy atom. The van der Waals surface area contributed by atoms with Crippen molar-refractivity contribution in [3.8, 4) is 0 Å². The average Bonchev–Trinajstić information content (AvgIpc) is 2.86. The zero-order valence-corrected chi connectivity index (χ0v) is 13.2. The molecule has 1 aliphatic heterocycles. The average molecular weight is 266 g/mol. The Morgan fingerprint density at radius 3 is 2.47 bits per heavy atom. The molecule has 0 aromatic heterocycles. The first-order valence-corrected chi connectivity index (χ1v) is 8.82. The van der Waals surface area contributed by atoms with Gasteiger partial charge in [-0.15, -0.1) is 0 Å². The van der Waals surface area contributed by atoms with Crippen LogP contribution >= 0.6 is 0 Å². The molecule has 3 atom stereocenters. The number of hydrogen-bond acceptors (Lipinski definition) is 2. The molecule has 112 valence electrons. The molecule has 1 saturated heterocycles. The van der Waals surface area contributed by atoms with Gasteiger partial charge >= 0.3 is 0 Å². The summed E-state index contributed by atoms with van der Waals surface area (Å²) in [7, 11) is 0. The number of nitrogens with zero attached hydrogens (tertiary/aromatic N) is 1. The van der Waals surface area contributed by atoms with Crippen LogP contribution in [0.3, 0.4) is 0 Å². The molecule has 0 spiro atoms. The third kappa shape index (κ3) is 4.46. The number of rotatable bonds is 5. The van der Waals surface area contributed by atoms with Gasteiger partial charge in [0.2, 0.25) is 0 Å². The summed E-state index contributed by atoms with van der Waals surface area (Å²) >= 11 is 0. The van der Waals surface area contributed by atoms with Crippen molar-refractivity contribution in [2.75, 3.05) is 19.6 Å². The van der Waals surface area contributed by atoms with Crippen molar-refractivity contribution in [2.45, 2.75) is 83.7 Å². The zero-order chi connectivity index (χ0) is 13.5. The molecule has 2 nitrogen and oxygen atoms in total. The monoisotopic (exact) mass is 266 g/mol. The molecule has 19 heavy (non-hydrogen) atoms. The van der Waals surface area contributed by atoms with Gasteiger partial charge in [-0.3, -0.25) is 4.90 Å². The molecular formula is C17H34N2. The lowest BCUT2D eigenvalue weighted by atomic mass is 9.91. The third-order valence-corrected chi connectivity index (χ3v) is 5.25. The molecule has 0 aromatic rings. The Labute approximate surface area is 120 Å². The lowest BCUT2D eigenvalue weighted by Gasteiger charge is -2.37. The Morgan fingerprint density at radius 1 is 1.00 bits per heavy atom. The summed E-state index contributed by atoms with van der Waals surface area (Å²) in [4.78, 5) is 2.83. The summed E-state index contributed by atoms with van der Waals surface area (Å²) in [6.07, 6.45) is 12.7. The Balaban J connectivity index is 1.94. The largest absolute Gasteiger partial charge is 0.312 e. The van der Waals surface area contributed by atoms with Crippen LogP contribution in [0.15, 0.2) is 0 Å². The second-order valence-corrected chi connectivity index (χ2v) is 6.68. The highest BCUT2D eigenvalue weighted by atomic mass is 15.2. The summed E-state index contributed by atoms with van der Waals surface area (Å²) < 4.78 is 0. The van der Waals surface area contributed by atoms with Gasteiger partial charge in [-0.05, 0) is 44.7 Å². The summed E-state index contributed by atoms with van der Waals surface area (Å²) in [5.74, 6) is 0.970. The molecule has 2 fully saturated rings. The molecule has 0 bridgehead atoms. The molecule has 1 N–H and O–H groups in total. The quantitative estimate of drug-likeness (QED) is 0.814. The molecule has 0 amide bonds. The van der Waals surface area contributed by atoms with Gasteiger partial charge in [0.25, 0.3) is 0 Å². The van der Waals surface area contributed by atoms with Gasteiger partial charge in [0, 0.05) is 18.6 Å². The maximum atomic E-state index is 3.86. The van der Waals surface area contributed by atoms with Crippen LogP contribution < -0.4 is 5.32 Å². The fraction of sp³-hybridized carbons (Fsp3) is 1.00. The molecule has 0 radical (unpaired) electrons. The van der Waals surface area contributed by atoms with E-state index in [-0.39, 0.29) is 0 Å². The highest BCUT2D eigenvalue weighted by Gasteiger charge is 2.32. The standard InChI is InChI=1S/C17H34N2/c1-3-12-18-16-9-7-5-6-8-10-17(16)19-13-11-15(4-2)14-19/h15-18H,3-14H2,1-2H3. The van der Waals surface area contributed by atoms with Gasteiger partial charge < -0.3 is 5.32 Å². The predicted octanol–water partition coefficient (Wildman–Crippen LogP) is 3.81. The minimum atomic E-state index is 0.760. The van der Waals surface area contributed by atoms with E-state index in [9.17, 15) is 0 Å². The lowest BCUT2D eigenvalue weighted by Crippen LogP contribution is -2.50. The van der Waals surface area contributed by atoms with E-state index in [0.717, 1.165) is 18.0 Å². The van der Waals surface area contributed by atoms with Crippen molar-refractivity contribution >= 4 is 0 Å². The first kappa shape index (κ1) is 15.3. The van der Waals surface area contributed by atoms with E-state index in [2.05, 4.69) is 24.1 Å². The first-order valence-electron chi connectivity index (χ1n) is 8.82. The van der Waals surface area contributed by atoms with E-state index in [1.54, 1.807) is 0 Å². The molecule has 1 saturated carbocycles. The van der Waals surface area contributed by atoms with Crippen molar-refractivity contribution in [1.29, 1.82) is 0 Å². The minimum absolute atomic E-state index is 0.760. The van der Waals surface area contributed by atoms with Crippen LogP contribution in [0.4, 0.5) is 0 Å². The van der Waals surface area contributed by atoms with Crippen LogP contribution in [0, 0.1) is 5.92 Å². The van der Waals surface area contributed by atoms with Crippen LogP contribution in [0.25, 0.3) is 0 Å². The predicted molar refractivity (Wildman–Crippen MR) is 83.5 cm³/mol. The van der Waals surface area contributed by atoms with Crippen molar-refractivity contribution in [1.82, 2.24) is 10.2 Å². The van der Waals surface area contributed by atoms with Crippen molar-refractivity contribution in [3.63, 3.8) is 0 Å². The molecule has 2 heteroatoms. The maximum Gasteiger partial charge on any atom is 0.0249 e. The minimum Gasteiger partial charge on any atom is -0.312 e. The van der Waals surface area contributed by atoms with Crippen molar-refractivity contribution in [3.05, 3.63) is 0 Å². The number of hydrogen-bond donors (Lipinski definition) is 1. The van der Waals surface area contributed by atoms with Gasteiger partial charge in [0.15, 0.2) is 0 Å². The van der Waals surface area contributed by atoms with Crippen molar-refractivity contribution in [2.24, 2.45) is 5.92 Å². The summed E-state index contributed by atoms with van der Waals surface area (Å²) in [6.45, 7) is 8.57. The second kappa shape index (κ2) is 8.26. The zero-order valence-electron chi connectivity index (χ0n) is 13.2. The Kier molecular flexibility index (Phi) is 6.66. The van der Waals surface area contributed by atoms with Gasteiger partial charge in [0.05, 0.1) is 0 Å². The lowest BCUT2D eigenvalue weighted by molar-refractivity contribution is 0.156. The van der Waals surface area contributed by atoms with Gasteiger partial charge in [0.1, 0.15) is 0 Å². The molecule has 1 aliphatic carbocycles. The van der Waals surface area contributed by atoms with Gasteiger partial charge in [-0.25, -0.2) is 0 Å². The molecule has 2 rings (SSSR count). The van der Waals surface area contributed by atoms with E-state index in [1.807, 2.05) is 0 Å². The fourth-order valence-corrected chi connectivity index (χ4v) is 3.97. The fourth-order valence-electron chi connectivity index (χ4n) is 3.97. The van der Waals surface area contributed by atoms with Gasteiger partial charge in [-0.2, -0.15) is 0 Å². The Hall–Kier alpha value is -0.0800. The van der Waals surface area contributed by atoms with Crippen LogP contribution in [-0.2, 0) is 0 Å². The van der Waals surface area contributed by atoms with Crippen LogP contribution in [-0.4, -0.2) is 36.6 Å². The van der Waals surface area contributed by atoms with E-state index < -0.39 is 0 Å². The van der Waals surface area contributed by atoms with Crippen LogP contribution in [0.1, 0.15) is 71.6 Å². The summed E-state index contributed by atoms with van der Waals surface area (Å²) in [6, 6.07) is 1.58. The molecule has 1 heterocycles. The topological polar surface area (TPSA) is 15.3 Å². The van der Waals surface area contributed by atoms with Crippen molar-refractivity contribution < 1.29 is 0 Å². The van der Waals surface area contributed by atoms with E-state index in [1.165, 1.54) is 77.4 Å².